The molecule has 0 spiro atoms. The van der Waals surface area contributed by atoms with Gasteiger partial charge in [-0.25, -0.2) is 0 Å². The van der Waals surface area contributed by atoms with Crippen LogP contribution in [-0.2, 0) is 25.7 Å². The van der Waals surface area contributed by atoms with E-state index in [1.54, 1.807) is 0 Å². The Hall–Kier alpha value is -6.70. The van der Waals surface area contributed by atoms with Gasteiger partial charge in [0.15, 0.2) is 0 Å². The van der Waals surface area contributed by atoms with E-state index in [1.807, 2.05) is 6.07 Å². The molecule has 4 aliphatic carbocycles. The van der Waals surface area contributed by atoms with Crippen LogP contribution in [0.3, 0.4) is 0 Å². The molecule has 0 radical (unpaired) electrons. The SMILES string of the molecule is C.CN(C)[C@@H]1Cc2ccccc2[C@@H](c2ccccc2)C1.CN(C)[C@@H]1Cc2ccccc2[C@H](c2ccccc2)C1.N[C@@H]1Cc2ccccc2[C@H](c2ccccc2)C1.S.[N-]=[N+]=N[C@@H]1Cc2ccccc2[C@H](c2ccccc2)C1. The van der Waals surface area contributed by atoms with Crippen LogP contribution in [0.15, 0.2) is 224 Å². The first-order chi connectivity index (χ1) is 36.2. The van der Waals surface area contributed by atoms with Crippen molar-refractivity contribution in [2.75, 3.05) is 28.2 Å². The number of nitrogens with zero attached hydrogens (tertiary/aromatic N) is 5. The van der Waals surface area contributed by atoms with Crippen LogP contribution in [0.2, 0.25) is 0 Å². The first-order valence-corrected chi connectivity index (χ1v) is 26.9. The maximum Gasteiger partial charge on any atom is 0.0423 e. The first-order valence-electron chi connectivity index (χ1n) is 26.9. The Morgan fingerprint density at radius 2 is 0.658 bits per heavy atom. The van der Waals surface area contributed by atoms with Gasteiger partial charge in [-0.05, 0) is 152 Å². The van der Waals surface area contributed by atoms with Gasteiger partial charge in [0.1, 0.15) is 0 Å². The topological polar surface area (TPSA) is 81.3 Å². The Kier molecular flexibility index (Phi) is 20.9. The van der Waals surface area contributed by atoms with Gasteiger partial charge in [-0.1, -0.05) is 231 Å². The van der Waals surface area contributed by atoms with Crippen molar-refractivity contribution in [3.05, 3.63) is 296 Å². The quantitative estimate of drug-likeness (QED) is 0.0981. The standard InChI is InChI=1S/2C18H21N.C16H15N3.C16H17N.CH4.H2S/c2*1-19(2)16-12-15-10-6-7-11-17(15)18(13-16)14-8-4-3-5-9-14;17-19-18-14-10-13-8-4-5-9-15(13)16(11-14)12-6-2-1-3-7-12;17-14-10-13-8-4-5-9-15(13)16(11-14)12-6-2-1-3-7-12;;/h2*3-11,16,18H,12-13H2,1-2H3;1-9,14,16H,10-11H2;1-9,14,16H,10-11,17H2;1H4;1H2/t16-,18+;16-,18-;2*14-,16+;;/m1111../s1. The van der Waals surface area contributed by atoms with E-state index in [0.717, 1.165) is 25.7 Å². The summed E-state index contributed by atoms with van der Waals surface area (Å²) in [5.41, 5.74) is 32.1. The fraction of sp³-hybridized carbons (Fsp3) is 0.304. The molecule has 0 aliphatic heterocycles. The molecule has 6 nitrogen and oxygen atoms in total. The van der Waals surface area contributed by atoms with Crippen LogP contribution >= 0.6 is 13.5 Å². The summed E-state index contributed by atoms with van der Waals surface area (Å²) in [7, 11) is 8.78. The summed E-state index contributed by atoms with van der Waals surface area (Å²) < 4.78 is 0. The van der Waals surface area contributed by atoms with E-state index in [4.69, 9.17) is 11.3 Å². The predicted molar refractivity (Wildman–Crippen MR) is 325 cm³/mol. The Morgan fingerprint density at radius 1 is 0.382 bits per heavy atom. The number of fused-ring (bicyclic) bond motifs is 4. The lowest BCUT2D eigenvalue weighted by Crippen LogP contribution is -2.35. The van der Waals surface area contributed by atoms with Gasteiger partial charge in [0.05, 0.1) is 0 Å². The van der Waals surface area contributed by atoms with Crippen molar-refractivity contribution in [1.82, 2.24) is 9.80 Å². The number of likely N-dealkylation sites (N-methyl/N-ethyl adjacent to an activating group) is 2. The van der Waals surface area contributed by atoms with Crippen LogP contribution in [0.25, 0.3) is 10.4 Å². The molecule has 4 aliphatic rings. The van der Waals surface area contributed by atoms with Gasteiger partial charge in [-0.3, -0.25) is 0 Å². The minimum atomic E-state index is 0. The van der Waals surface area contributed by atoms with Gasteiger partial charge < -0.3 is 15.5 Å². The van der Waals surface area contributed by atoms with E-state index in [2.05, 4.69) is 260 Å². The summed E-state index contributed by atoms with van der Waals surface area (Å²) in [4.78, 5) is 7.72. The van der Waals surface area contributed by atoms with Gasteiger partial charge in [0.25, 0.3) is 0 Å². The zero-order valence-corrected chi connectivity index (χ0v) is 45.4. The summed E-state index contributed by atoms with van der Waals surface area (Å²) in [5.74, 6) is 1.88. The third-order valence-corrected chi connectivity index (χ3v) is 16.1. The highest BCUT2D eigenvalue weighted by atomic mass is 32.1. The second-order valence-corrected chi connectivity index (χ2v) is 21.3. The predicted octanol–water partition coefficient (Wildman–Crippen LogP) is 15.7. The van der Waals surface area contributed by atoms with Gasteiger partial charge in [0, 0.05) is 52.8 Å². The molecule has 392 valence electrons. The zero-order chi connectivity index (χ0) is 51.2. The molecule has 8 aromatic carbocycles. The third kappa shape index (κ3) is 14.2. The maximum absolute atomic E-state index is 8.68. The molecule has 0 amide bonds. The zero-order valence-electron chi connectivity index (χ0n) is 44.4. The van der Waals surface area contributed by atoms with Crippen LogP contribution in [0.4, 0.5) is 0 Å². The van der Waals surface area contributed by atoms with E-state index in [0.29, 0.717) is 35.8 Å². The van der Waals surface area contributed by atoms with Crippen molar-refractivity contribution in [1.29, 1.82) is 0 Å². The van der Waals surface area contributed by atoms with E-state index in [1.165, 1.54) is 92.4 Å². The lowest BCUT2D eigenvalue weighted by Gasteiger charge is -2.35. The first kappa shape index (κ1) is 57.0. The van der Waals surface area contributed by atoms with Crippen molar-refractivity contribution < 1.29 is 0 Å². The van der Waals surface area contributed by atoms with Crippen LogP contribution in [0.5, 0.6) is 0 Å². The van der Waals surface area contributed by atoms with Gasteiger partial charge in [0.2, 0.25) is 0 Å². The second-order valence-electron chi connectivity index (χ2n) is 21.3. The number of hydrogen-bond donors (Lipinski definition) is 1. The Morgan fingerprint density at radius 3 is 0.987 bits per heavy atom. The van der Waals surface area contributed by atoms with Crippen molar-refractivity contribution in [3.8, 4) is 0 Å². The Bertz CT molecular complexity index is 2950. The molecule has 8 atom stereocenters. The van der Waals surface area contributed by atoms with Gasteiger partial charge in [-0.2, -0.15) is 13.5 Å². The maximum atomic E-state index is 8.68. The smallest absolute Gasteiger partial charge is 0.0423 e. The number of rotatable bonds is 7. The van der Waals surface area contributed by atoms with E-state index in [-0.39, 0.29) is 33.0 Å². The van der Waals surface area contributed by atoms with Gasteiger partial charge in [-0.15, -0.1) is 0 Å². The molecule has 0 unspecified atom stereocenters. The molecular formula is C69H80N6S. The van der Waals surface area contributed by atoms with Crippen LogP contribution in [-0.4, -0.2) is 62.2 Å². The van der Waals surface area contributed by atoms with Crippen molar-refractivity contribution in [3.63, 3.8) is 0 Å². The largest absolute Gasteiger partial charge is 0.327 e. The minimum Gasteiger partial charge on any atom is -0.327 e. The molecule has 12 rings (SSSR count). The fourth-order valence-corrected chi connectivity index (χ4v) is 12.2. The van der Waals surface area contributed by atoms with Gasteiger partial charge >= 0.3 is 0 Å². The molecule has 7 heteroatoms. The molecule has 0 fully saturated rings. The lowest BCUT2D eigenvalue weighted by molar-refractivity contribution is 0.258. The number of benzene rings is 8. The van der Waals surface area contributed by atoms with Crippen LogP contribution in [0, 0.1) is 0 Å². The summed E-state index contributed by atoms with van der Waals surface area (Å²) in [6, 6.07) is 79.7. The van der Waals surface area contributed by atoms with Crippen molar-refractivity contribution in [2.45, 2.75) is 107 Å². The molecule has 0 saturated carbocycles. The average Bonchev–Trinajstić information content (AvgIpc) is 3.46. The number of azide groups is 1. The third-order valence-electron chi connectivity index (χ3n) is 16.1. The fourth-order valence-electron chi connectivity index (χ4n) is 12.2. The number of hydrogen-bond acceptors (Lipinski definition) is 4. The average molecular weight is 1030 g/mol. The Labute approximate surface area is 462 Å². The molecule has 8 aromatic rings. The molecular weight excluding hydrogens is 945 g/mol. The molecule has 76 heavy (non-hydrogen) atoms. The summed E-state index contributed by atoms with van der Waals surface area (Å²) >= 11 is 0. The van der Waals surface area contributed by atoms with E-state index >= 15 is 0 Å². The minimum absolute atomic E-state index is 0. The summed E-state index contributed by atoms with van der Waals surface area (Å²) in [6.07, 6.45) is 8.59. The molecule has 0 saturated heterocycles. The molecule has 2 N–H and O–H groups in total. The normalized spacial score (nSPS) is 21.6. The van der Waals surface area contributed by atoms with E-state index < -0.39 is 0 Å². The lowest BCUT2D eigenvalue weighted by atomic mass is 9.76. The molecule has 0 aromatic heterocycles. The number of nitrogens with two attached hydrogens (primary N) is 1. The highest BCUT2D eigenvalue weighted by Gasteiger charge is 2.31. The molecule has 0 heterocycles. The van der Waals surface area contributed by atoms with Crippen LogP contribution in [0.1, 0.15) is 124 Å². The highest BCUT2D eigenvalue weighted by Crippen LogP contribution is 2.41. The molecule has 0 bridgehead atoms. The highest BCUT2D eigenvalue weighted by molar-refractivity contribution is 7.59. The van der Waals surface area contributed by atoms with Crippen molar-refractivity contribution >= 4 is 13.5 Å². The Balaban J connectivity index is 0.000000146. The monoisotopic (exact) mass is 1020 g/mol. The van der Waals surface area contributed by atoms with E-state index in [9.17, 15) is 0 Å². The van der Waals surface area contributed by atoms with Crippen LogP contribution < -0.4 is 5.73 Å². The summed E-state index contributed by atoms with van der Waals surface area (Å²) in [5, 5.41) is 3.94. The second kappa shape index (κ2) is 27.9. The summed E-state index contributed by atoms with van der Waals surface area (Å²) in [6.45, 7) is 0. The van der Waals surface area contributed by atoms with Crippen molar-refractivity contribution in [2.24, 2.45) is 10.8 Å².